The van der Waals surface area contributed by atoms with E-state index in [4.69, 9.17) is 9.72 Å². The van der Waals surface area contributed by atoms with Gasteiger partial charge in [-0.25, -0.2) is 0 Å². The molecule has 0 bridgehead atoms. The molecular weight excluding hydrogens is 406 g/mol. The van der Waals surface area contributed by atoms with Gasteiger partial charge in [0.05, 0.1) is 11.6 Å². The van der Waals surface area contributed by atoms with Crippen LogP contribution in [0.15, 0.2) is 42.9 Å². The second-order valence-electron chi connectivity index (χ2n) is 8.50. The molecule has 166 valence electrons. The normalized spacial score (nSPS) is 16.7. The number of nitrogens with one attached hydrogen (secondary N) is 2. The summed E-state index contributed by atoms with van der Waals surface area (Å²) in [5.74, 6) is 0.850. The Kier molecular flexibility index (Phi) is 5.48. The molecule has 1 atom stereocenters. The van der Waals surface area contributed by atoms with E-state index in [2.05, 4.69) is 34.6 Å². The van der Waals surface area contributed by atoms with E-state index < -0.39 is 0 Å². The third kappa shape index (κ3) is 4.03. The number of anilines is 1. The fourth-order valence-corrected chi connectivity index (χ4v) is 4.12. The van der Waals surface area contributed by atoms with Crippen LogP contribution in [0.1, 0.15) is 43.7 Å². The smallest absolute Gasteiger partial charge is 0.322 e. The molecule has 4 heterocycles. The molecule has 0 amide bonds. The predicted octanol–water partition coefficient (Wildman–Crippen LogP) is 2.67. The van der Waals surface area contributed by atoms with Gasteiger partial charge >= 0.3 is 6.01 Å². The van der Waals surface area contributed by atoms with Crippen LogP contribution in [0.3, 0.4) is 0 Å². The summed E-state index contributed by atoms with van der Waals surface area (Å²) in [6.45, 7) is 6.57. The number of benzene rings is 1. The maximum absolute atomic E-state index is 9.87. The lowest BCUT2D eigenvalue weighted by Crippen LogP contribution is -2.37. The lowest BCUT2D eigenvalue weighted by Gasteiger charge is -2.23. The van der Waals surface area contributed by atoms with E-state index in [1.54, 1.807) is 16.9 Å². The van der Waals surface area contributed by atoms with Crippen molar-refractivity contribution in [3.63, 3.8) is 0 Å². The molecule has 1 aliphatic rings. The van der Waals surface area contributed by atoms with Gasteiger partial charge < -0.3 is 15.4 Å². The minimum Gasteiger partial charge on any atom is -0.459 e. The van der Waals surface area contributed by atoms with Crippen LogP contribution in [0.5, 0.6) is 6.01 Å². The number of ether oxygens (including phenoxy) is 1. The molecule has 5 rings (SSSR count). The fraction of sp³-hybridized carbons (Fsp3) is 0.391. The summed E-state index contributed by atoms with van der Waals surface area (Å²) < 4.78 is 8.95. The Morgan fingerprint density at radius 1 is 1.31 bits per heavy atom. The van der Waals surface area contributed by atoms with Crippen LogP contribution in [0.2, 0.25) is 0 Å². The van der Waals surface area contributed by atoms with Crippen molar-refractivity contribution in [3.05, 3.63) is 54.0 Å². The molecule has 0 unspecified atom stereocenters. The molecule has 32 heavy (non-hydrogen) atoms. The average molecular weight is 435 g/mol. The highest BCUT2D eigenvalue weighted by Gasteiger charge is 2.20. The standard InChI is InChI=1S/C23H28N7O2/c1-15(2)19-13-26-30-21(19)27-23(32-18-7-4-9-24-12-18)28-22(30)25-11-17-6-3-5-16-8-10-29(31)14-20(16)17/h3,5-6,8,10,13-15,18,24,31H,4,7,9,11-12H2,1-2H3,(H,25,27,28)/q+1/t18-/m1/s1. The quantitative estimate of drug-likeness (QED) is 0.317. The van der Waals surface area contributed by atoms with Gasteiger partial charge in [-0.1, -0.05) is 32.0 Å². The first-order valence-electron chi connectivity index (χ1n) is 11.1. The van der Waals surface area contributed by atoms with Crippen LogP contribution in [0.4, 0.5) is 5.95 Å². The Morgan fingerprint density at radius 3 is 3.03 bits per heavy atom. The van der Waals surface area contributed by atoms with Gasteiger partial charge in [0.25, 0.3) is 0 Å². The first-order valence-corrected chi connectivity index (χ1v) is 11.1. The Bertz CT molecular complexity index is 1250. The maximum atomic E-state index is 9.87. The Hall–Kier alpha value is -3.46. The number of piperidine rings is 1. The van der Waals surface area contributed by atoms with Crippen molar-refractivity contribution >= 4 is 22.4 Å². The molecule has 0 spiro atoms. The van der Waals surface area contributed by atoms with Crippen molar-refractivity contribution in [2.24, 2.45) is 0 Å². The van der Waals surface area contributed by atoms with Gasteiger partial charge in [0.15, 0.2) is 5.65 Å². The van der Waals surface area contributed by atoms with Crippen molar-refractivity contribution in [3.8, 4) is 6.01 Å². The SMILES string of the molecule is CC(C)c1cnn2c(NCc3cccc4cc[n+](O)cc34)nc(O[C@@H]3CCCNC3)nc12. The van der Waals surface area contributed by atoms with Gasteiger partial charge in [-0.05, 0) is 36.3 Å². The van der Waals surface area contributed by atoms with E-state index in [0.717, 1.165) is 58.2 Å². The van der Waals surface area contributed by atoms with E-state index in [9.17, 15) is 5.21 Å². The lowest BCUT2D eigenvalue weighted by atomic mass is 10.1. The predicted molar refractivity (Wildman–Crippen MR) is 120 cm³/mol. The zero-order valence-corrected chi connectivity index (χ0v) is 18.3. The number of fused-ring (bicyclic) bond motifs is 2. The maximum Gasteiger partial charge on any atom is 0.322 e. The summed E-state index contributed by atoms with van der Waals surface area (Å²) in [6.07, 6.45) is 7.29. The van der Waals surface area contributed by atoms with Crippen molar-refractivity contribution in [1.29, 1.82) is 0 Å². The van der Waals surface area contributed by atoms with Crippen molar-refractivity contribution in [2.45, 2.75) is 45.3 Å². The Balaban J connectivity index is 1.49. The Labute approximate surface area is 186 Å². The van der Waals surface area contributed by atoms with Gasteiger partial charge in [0.2, 0.25) is 18.3 Å². The van der Waals surface area contributed by atoms with Gasteiger partial charge in [-0.3, -0.25) is 5.21 Å². The van der Waals surface area contributed by atoms with Crippen LogP contribution in [0.25, 0.3) is 16.4 Å². The van der Waals surface area contributed by atoms with E-state index in [1.165, 1.54) is 0 Å². The largest absolute Gasteiger partial charge is 0.459 e. The third-order valence-corrected chi connectivity index (χ3v) is 5.86. The van der Waals surface area contributed by atoms with Crippen LogP contribution >= 0.6 is 0 Å². The van der Waals surface area contributed by atoms with Crippen molar-refractivity contribution in [2.75, 3.05) is 18.4 Å². The van der Waals surface area contributed by atoms with Crippen LogP contribution in [-0.4, -0.2) is 44.0 Å². The first kappa shape index (κ1) is 20.4. The van der Waals surface area contributed by atoms with Gasteiger partial charge in [-0.15, -0.1) is 0 Å². The van der Waals surface area contributed by atoms with Gasteiger partial charge in [0, 0.05) is 29.4 Å². The molecular formula is C23H28N7O2+. The molecule has 1 aliphatic heterocycles. The fourth-order valence-electron chi connectivity index (χ4n) is 4.12. The van der Waals surface area contributed by atoms with Crippen LogP contribution in [-0.2, 0) is 6.54 Å². The topological polar surface area (TPSA) is 100 Å². The van der Waals surface area contributed by atoms with E-state index >= 15 is 0 Å². The lowest BCUT2D eigenvalue weighted by molar-refractivity contribution is -0.904. The zero-order chi connectivity index (χ0) is 22.1. The van der Waals surface area contributed by atoms with Crippen molar-refractivity contribution in [1.82, 2.24) is 24.9 Å². The number of aromatic nitrogens is 5. The number of rotatable bonds is 6. The summed E-state index contributed by atoms with van der Waals surface area (Å²) in [6, 6.07) is 8.30. The second kappa shape index (κ2) is 8.58. The van der Waals surface area contributed by atoms with Crippen LogP contribution in [0, 0.1) is 0 Å². The van der Waals surface area contributed by atoms with E-state index in [0.29, 0.717) is 18.5 Å². The molecule has 9 heteroatoms. The van der Waals surface area contributed by atoms with E-state index in [-0.39, 0.29) is 12.0 Å². The summed E-state index contributed by atoms with van der Waals surface area (Å²) in [5, 5.41) is 23.2. The zero-order valence-electron chi connectivity index (χ0n) is 18.3. The van der Waals surface area contributed by atoms with Gasteiger partial charge in [0.1, 0.15) is 6.10 Å². The molecule has 3 N–H and O–H groups in total. The molecule has 1 saturated heterocycles. The minimum absolute atomic E-state index is 0.0579. The minimum atomic E-state index is 0.0579. The van der Waals surface area contributed by atoms with Gasteiger partial charge in [-0.2, -0.15) is 19.6 Å². The average Bonchev–Trinajstić information content (AvgIpc) is 3.22. The summed E-state index contributed by atoms with van der Waals surface area (Å²) in [4.78, 5) is 9.34. The van der Waals surface area contributed by atoms with Crippen LogP contribution < -0.4 is 20.1 Å². The number of nitrogens with zero attached hydrogens (tertiary/aromatic N) is 5. The highest BCUT2D eigenvalue weighted by molar-refractivity contribution is 5.84. The highest BCUT2D eigenvalue weighted by atomic mass is 16.5. The molecule has 0 radical (unpaired) electrons. The number of pyridine rings is 1. The molecule has 4 aromatic rings. The summed E-state index contributed by atoms with van der Waals surface area (Å²) in [5.41, 5.74) is 2.84. The third-order valence-electron chi connectivity index (χ3n) is 5.86. The summed E-state index contributed by atoms with van der Waals surface area (Å²) in [7, 11) is 0. The Morgan fingerprint density at radius 2 is 2.22 bits per heavy atom. The summed E-state index contributed by atoms with van der Waals surface area (Å²) >= 11 is 0. The highest BCUT2D eigenvalue weighted by Crippen LogP contribution is 2.24. The molecule has 1 aromatic carbocycles. The molecule has 3 aromatic heterocycles. The molecule has 1 fully saturated rings. The molecule has 0 saturated carbocycles. The monoisotopic (exact) mass is 434 g/mol. The van der Waals surface area contributed by atoms with E-state index in [1.807, 2.05) is 30.5 Å². The molecule has 9 nitrogen and oxygen atoms in total. The molecule has 0 aliphatic carbocycles. The number of hydrogen-bond acceptors (Lipinski definition) is 7. The van der Waals surface area contributed by atoms with Crippen molar-refractivity contribution < 1.29 is 14.7 Å². The first-order chi connectivity index (χ1) is 15.6. The number of hydrogen-bond donors (Lipinski definition) is 3. The second-order valence-corrected chi connectivity index (χ2v) is 8.50.